The SMILES string of the molecule is N#C/C(=C/Nc1ccc(Br)cn1)C(=O)Nc1cc([N+](=O)[O-])ccc1Cl. The van der Waals surface area contributed by atoms with Crippen LogP contribution >= 0.6 is 27.5 Å². The number of carbonyl (C=O) groups excluding carboxylic acids is 1. The van der Waals surface area contributed by atoms with Crippen molar-refractivity contribution in [3.63, 3.8) is 0 Å². The number of nitro benzene ring substituents is 1. The third-order valence-corrected chi connectivity index (χ3v) is 3.66. The number of amides is 1. The Morgan fingerprint density at radius 1 is 1.40 bits per heavy atom. The van der Waals surface area contributed by atoms with Crippen molar-refractivity contribution in [1.29, 1.82) is 5.26 Å². The summed E-state index contributed by atoms with van der Waals surface area (Å²) in [6, 6.07) is 8.72. The molecule has 2 aromatic rings. The molecule has 0 spiro atoms. The van der Waals surface area contributed by atoms with Gasteiger partial charge in [-0.2, -0.15) is 5.26 Å². The van der Waals surface area contributed by atoms with Crippen LogP contribution < -0.4 is 10.6 Å². The largest absolute Gasteiger partial charge is 0.345 e. The molecular weight excluding hydrogens is 414 g/mol. The lowest BCUT2D eigenvalue weighted by Gasteiger charge is -2.07. The molecule has 2 N–H and O–H groups in total. The van der Waals surface area contributed by atoms with Gasteiger partial charge in [-0.1, -0.05) is 11.6 Å². The van der Waals surface area contributed by atoms with Crippen LogP contribution in [-0.2, 0) is 4.79 Å². The number of aromatic nitrogens is 1. The predicted octanol–water partition coefficient (Wildman–Crippen LogP) is 3.86. The number of halogens is 2. The summed E-state index contributed by atoms with van der Waals surface area (Å²) in [5.74, 6) is -0.341. The molecule has 0 atom stereocenters. The average Bonchev–Trinajstić information content (AvgIpc) is 2.58. The Morgan fingerprint density at radius 2 is 2.16 bits per heavy atom. The Hall–Kier alpha value is -2.96. The van der Waals surface area contributed by atoms with E-state index in [1.807, 2.05) is 0 Å². The summed E-state index contributed by atoms with van der Waals surface area (Å²) in [6.07, 6.45) is 2.72. The third kappa shape index (κ3) is 5.00. The number of nitriles is 1. The van der Waals surface area contributed by atoms with E-state index in [1.54, 1.807) is 24.4 Å². The van der Waals surface area contributed by atoms with E-state index in [4.69, 9.17) is 16.9 Å². The van der Waals surface area contributed by atoms with Gasteiger partial charge in [0.2, 0.25) is 0 Å². The van der Waals surface area contributed by atoms with Crippen LogP contribution in [0.2, 0.25) is 5.02 Å². The highest BCUT2D eigenvalue weighted by molar-refractivity contribution is 9.10. The zero-order valence-electron chi connectivity index (χ0n) is 12.4. The number of pyridine rings is 1. The van der Waals surface area contributed by atoms with E-state index >= 15 is 0 Å². The fourth-order valence-corrected chi connectivity index (χ4v) is 2.07. The average molecular weight is 423 g/mol. The monoisotopic (exact) mass is 421 g/mol. The molecule has 0 saturated carbocycles. The minimum atomic E-state index is -0.769. The highest BCUT2D eigenvalue weighted by Crippen LogP contribution is 2.27. The predicted molar refractivity (Wildman–Crippen MR) is 96.0 cm³/mol. The Labute approximate surface area is 155 Å². The van der Waals surface area contributed by atoms with Crippen molar-refractivity contribution in [2.75, 3.05) is 10.6 Å². The summed E-state index contributed by atoms with van der Waals surface area (Å²) < 4.78 is 0.778. The van der Waals surface area contributed by atoms with Crippen molar-refractivity contribution >= 4 is 50.6 Å². The second-order valence-electron chi connectivity index (χ2n) is 4.55. The van der Waals surface area contributed by atoms with Crippen molar-refractivity contribution in [2.45, 2.75) is 0 Å². The van der Waals surface area contributed by atoms with Crippen LogP contribution in [0.1, 0.15) is 0 Å². The number of benzene rings is 1. The molecular formula is C15H9BrClN5O3. The van der Waals surface area contributed by atoms with Crippen molar-refractivity contribution in [3.8, 4) is 6.07 Å². The molecule has 10 heteroatoms. The van der Waals surface area contributed by atoms with Gasteiger partial charge in [0, 0.05) is 29.0 Å². The summed E-state index contributed by atoms with van der Waals surface area (Å²) in [6.45, 7) is 0. The first-order valence-electron chi connectivity index (χ1n) is 6.64. The molecule has 1 amide bonds. The molecule has 1 aromatic carbocycles. The Kier molecular flexibility index (Phi) is 6.05. The first kappa shape index (κ1) is 18.4. The van der Waals surface area contributed by atoms with Crippen molar-refractivity contribution in [1.82, 2.24) is 4.98 Å². The molecule has 1 aromatic heterocycles. The lowest BCUT2D eigenvalue weighted by molar-refractivity contribution is -0.384. The van der Waals surface area contributed by atoms with E-state index < -0.39 is 10.8 Å². The lowest BCUT2D eigenvalue weighted by Crippen LogP contribution is -2.15. The Morgan fingerprint density at radius 3 is 2.76 bits per heavy atom. The Balaban J connectivity index is 2.16. The van der Waals surface area contributed by atoms with E-state index in [0.29, 0.717) is 5.82 Å². The van der Waals surface area contributed by atoms with Gasteiger partial charge < -0.3 is 10.6 Å². The van der Waals surface area contributed by atoms with E-state index in [2.05, 4.69) is 31.5 Å². The lowest BCUT2D eigenvalue weighted by atomic mass is 10.2. The molecule has 0 aliphatic heterocycles. The number of hydrogen-bond donors (Lipinski definition) is 2. The number of nitrogens with one attached hydrogen (secondary N) is 2. The van der Waals surface area contributed by atoms with E-state index in [-0.39, 0.29) is 22.0 Å². The van der Waals surface area contributed by atoms with Crippen LogP contribution in [-0.4, -0.2) is 15.8 Å². The third-order valence-electron chi connectivity index (χ3n) is 2.87. The molecule has 2 rings (SSSR count). The van der Waals surface area contributed by atoms with Gasteiger partial charge in [-0.3, -0.25) is 14.9 Å². The van der Waals surface area contributed by atoms with Gasteiger partial charge in [0.1, 0.15) is 17.5 Å². The smallest absolute Gasteiger partial charge is 0.271 e. The zero-order valence-corrected chi connectivity index (χ0v) is 14.7. The first-order chi connectivity index (χ1) is 11.9. The van der Waals surface area contributed by atoms with Crippen LogP contribution in [0.3, 0.4) is 0 Å². The number of non-ortho nitro benzene ring substituents is 1. The molecule has 0 radical (unpaired) electrons. The summed E-state index contributed by atoms with van der Waals surface area (Å²) in [5.41, 5.74) is -0.463. The molecule has 0 fully saturated rings. The molecule has 25 heavy (non-hydrogen) atoms. The van der Waals surface area contributed by atoms with E-state index in [0.717, 1.165) is 10.5 Å². The van der Waals surface area contributed by atoms with Gasteiger partial charge in [-0.25, -0.2) is 4.98 Å². The number of carbonyl (C=O) groups is 1. The van der Waals surface area contributed by atoms with Crippen molar-refractivity contribution in [2.24, 2.45) is 0 Å². The number of rotatable bonds is 5. The van der Waals surface area contributed by atoms with Gasteiger partial charge in [0.15, 0.2) is 0 Å². The molecule has 126 valence electrons. The fourth-order valence-electron chi connectivity index (χ4n) is 1.67. The number of hydrogen-bond acceptors (Lipinski definition) is 6. The quantitative estimate of drug-likeness (QED) is 0.326. The normalized spacial score (nSPS) is 10.7. The minimum Gasteiger partial charge on any atom is -0.345 e. The molecule has 0 aliphatic rings. The van der Waals surface area contributed by atoms with Crippen LogP contribution in [0, 0.1) is 21.4 Å². The van der Waals surface area contributed by atoms with Crippen molar-refractivity contribution in [3.05, 3.63) is 67.9 Å². The van der Waals surface area contributed by atoms with Gasteiger partial charge in [-0.05, 0) is 34.1 Å². The summed E-state index contributed by atoms with van der Waals surface area (Å²) >= 11 is 9.15. The summed E-state index contributed by atoms with van der Waals surface area (Å²) in [5, 5.41) is 25.1. The molecule has 1 heterocycles. The number of nitro groups is 1. The minimum absolute atomic E-state index is 0.0313. The number of anilines is 2. The highest BCUT2D eigenvalue weighted by atomic mass is 79.9. The Bertz CT molecular complexity index is 893. The fraction of sp³-hybridized carbons (Fsp3) is 0. The maximum absolute atomic E-state index is 12.2. The van der Waals surface area contributed by atoms with Gasteiger partial charge in [0.05, 0.1) is 15.6 Å². The van der Waals surface area contributed by atoms with Crippen LogP contribution in [0.5, 0.6) is 0 Å². The maximum atomic E-state index is 12.2. The van der Waals surface area contributed by atoms with Gasteiger partial charge >= 0.3 is 0 Å². The second kappa shape index (κ2) is 8.23. The highest BCUT2D eigenvalue weighted by Gasteiger charge is 2.15. The molecule has 0 aliphatic carbocycles. The summed E-state index contributed by atoms with van der Waals surface area (Å²) in [4.78, 5) is 26.4. The summed E-state index contributed by atoms with van der Waals surface area (Å²) in [7, 11) is 0. The maximum Gasteiger partial charge on any atom is 0.271 e. The van der Waals surface area contributed by atoms with E-state index in [9.17, 15) is 14.9 Å². The molecule has 0 bridgehead atoms. The number of nitrogens with zero attached hydrogens (tertiary/aromatic N) is 3. The first-order valence-corrected chi connectivity index (χ1v) is 7.81. The standard InChI is InChI=1S/C15H9BrClN5O3/c16-10-1-4-14(20-8-10)19-7-9(6-18)15(23)21-13-5-11(22(24)25)2-3-12(13)17/h1-5,7-8H,(H,19,20)(H,21,23)/b9-7-. The topological polar surface area (TPSA) is 121 Å². The molecule has 0 saturated heterocycles. The van der Waals surface area contributed by atoms with Gasteiger partial charge in [-0.15, -0.1) is 0 Å². The van der Waals surface area contributed by atoms with E-state index in [1.165, 1.54) is 18.3 Å². The molecule has 0 unspecified atom stereocenters. The van der Waals surface area contributed by atoms with Crippen molar-refractivity contribution < 1.29 is 9.72 Å². The van der Waals surface area contributed by atoms with Crippen LogP contribution in [0.25, 0.3) is 0 Å². The van der Waals surface area contributed by atoms with Crippen LogP contribution in [0.4, 0.5) is 17.2 Å². The zero-order chi connectivity index (χ0) is 18.4. The van der Waals surface area contributed by atoms with Crippen LogP contribution in [0.15, 0.2) is 52.8 Å². The van der Waals surface area contributed by atoms with Gasteiger partial charge in [0.25, 0.3) is 11.6 Å². The second-order valence-corrected chi connectivity index (χ2v) is 5.87. The molecule has 8 nitrogen and oxygen atoms in total.